The molecule has 1 aromatic carbocycles. The molecule has 0 heterocycles. The lowest BCUT2D eigenvalue weighted by Crippen LogP contribution is -2.15. The predicted octanol–water partition coefficient (Wildman–Crippen LogP) is 3.85. The van der Waals surface area contributed by atoms with Gasteiger partial charge in [0.1, 0.15) is 11.7 Å². The lowest BCUT2D eigenvalue weighted by Gasteiger charge is -2.10. The highest BCUT2D eigenvalue weighted by molar-refractivity contribution is 6.31. The molecule has 17 heavy (non-hydrogen) atoms. The van der Waals surface area contributed by atoms with Crippen LogP contribution in [0.15, 0.2) is 18.2 Å². The molecule has 1 aromatic rings. The normalized spacial score (nSPS) is 12.2. The smallest absolute Gasteiger partial charge is 0.180 e. The zero-order chi connectivity index (χ0) is 13.0. The molecule has 1 atom stereocenters. The van der Waals surface area contributed by atoms with Crippen molar-refractivity contribution in [3.8, 4) is 6.07 Å². The number of ketones is 1. The number of halogens is 2. The summed E-state index contributed by atoms with van der Waals surface area (Å²) in [6, 6.07) is 5.74. The summed E-state index contributed by atoms with van der Waals surface area (Å²) >= 11 is 5.60. The Morgan fingerprint density at radius 1 is 1.53 bits per heavy atom. The van der Waals surface area contributed by atoms with Gasteiger partial charge in [0.05, 0.1) is 11.1 Å². The molecule has 0 spiro atoms. The lowest BCUT2D eigenvalue weighted by atomic mass is 9.91. The molecular formula is C13H13ClFNO. The first-order chi connectivity index (χ1) is 7.95. The Labute approximate surface area is 105 Å². The van der Waals surface area contributed by atoms with Crippen molar-refractivity contribution in [2.24, 2.45) is 11.8 Å². The molecular weight excluding hydrogens is 241 g/mol. The summed E-state index contributed by atoms with van der Waals surface area (Å²) < 4.78 is 12.9. The van der Waals surface area contributed by atoms with Crippen LogP contribution >= 0.6 is 11.6 Å². The van der Waals surface area contributed by atoms with Crippen LogP contribution in [0.1, 0.15) is 30.6 Å². The summed E-state index contributed by atoms with van der Waals surface area (Å²) in [4.78, 5) is 12.0. The van der Waals surface area contributed by atoms with Crippen molar-refractivity contribution in [1.29, 1.82) is 5.26 Å². The number of carbonyl (C=O) groups is 1. The molecule has 1 unspecified atom stereocenters. The highest BCUT2D eigenvalue weighted by Crippen LogP contribution is 2.21. The first-order valence-corrected chi connectivity index (χ1v) is 5.72. The average Bonchev–Trinajstić information content (AvgIpc) is 2.28. The van der Waals surface area contributed by atoms with Crippen molar-refractivity contribution in [2.75, 3.05) is 0 Å². The summed E-state index contributed by atoms with van der Waals surface area (Å²) in [7, 11) is 0. The largest absolute Gasteiger partial charge is 0.293 e. The fourth-order valence-electron chi connectivity index (χ4n) is 1.54. The van der Waals surface area contributed by atoms with Crippen LogP contribution < -0.4 is 0 Å². The van der Waals surface area contributed by atoms with E-state index < -0.39 is 11.7 Å². The van der Waals surface area contributed by atoms with Crippen molar-refractivity contribution in [2.45, 2.75) is 20.3 Å². The lowest BCUT2D eigenvalue weighted by molar-refractivity contribution is 0.0937. The van der Waals surface area contributed by atoms with Crippen LogP contribution in [0.3, 0.4) is 0 Å². The standard InChI is InChI=1S/C13H13ClFNO/c1-8(2)5-10(7-16)13(17)9-3-4-12(15)11(14)6-9/h3-4,6,8,10H,5H2,1-2H3. The predicted molar refractivity (Wildman–Crippen MR) is 64.3 cm³/mol. The Kier molecular flexibility index (Phi) is 4.65. The molecule has 0 aromatic heterocycles. The third-order valence-corrected chi connectivity index (χ3v) is 2.67. The van der Waals surface area contributed by atoms with E-state index in [2.05, 4.69) is 0 Å². The molecule has 90 valence electrons. The van der Waals surface area contributed by atoms with E-state index in [1.165, 1.54) is 12.1 Å². The molecule has 0 N–H and O–H groups in total. The second kappa shape index (κ2) is 5.79. The molecule has 1 rings (SSSR count). The molecule has 0 aliphatic heterocycles. The second-order valence-corrected chi connectivity index (χ2v) is 4.71. The van der Waals surface area contributed by atoms with Gasteiger partial charge in [-0.25, -0.2) is 4.39 Å². The van der Waals surface area contributed by atoms with Crippen LogP contribution in [0.4, 0.5) is 4.39 Å². The molecule has 0 radical (unpaired) electrons. The second-order valence-electron chi connectivity index (χ2n) is 4.30. The van der Waals surface area contributed by atoms with Gasteiger partial charge in [-0.2, -0.15) is 5.26 Å². The van der Waals surface area contributed by atoms with E-state index in [1.54, 1.807) is 0 Å². The van der Waals surface area contributed by atoms with Crippen molar-refractivity contribution in [3.63, 3.8) is 0 Å². The molecule has 2 nitrogen and oxygen atoms in total. The number of Topliss-reactive ketones (excluding diaryl/α,β-unsaturated/α-hetero) is 1. The third kappa shape index (κ3) is 3.54. The quantitative estimate of drug-likeness (QED) is 0.765. The Morgan fingerprint density at radius 2 is 2.18 bits per heavy atom. The third-order valence-electron chi connectivity index (χ3n) is 2.38. The minimum Gasteiger partial charge on any atom is -0.293 e. The van der Waals surface area contributed by atoms with Crippen molar-refractivity contribution in [1.82, 2.24) is 0 Å². The zero-order valence-corrected chi connectivity index (χ0v) is 10.5. The van der Waals surface area contributed by atoms with E-state index in [9.17, 15) is 9.18 Å². The van der Waals surface area contributed by atoms with Crippen LogP contribution in [0.25, 0.3) is 0 Å². The summed E-state index contributed by atoms with van der Waals surface area (Å²) in [5.74, 6) is -1.32. The zero-order valence-electron chi connectivity index (χ0n) is 9.71. The van der Waals surface area contributed by atoms with E-state index in [0.717, 1.165) is 6.07 Å². The monoisotopic (exact) mass is 253 g/mol. The van der Waals surface area contributed by atoms with Crippen molar-refractivity contribution < 1.29 is 9.18 Å². The Hall–Kier alpha value is -1.40. The minimum atomic E-state index is -0.698. The van der Waals surface area contributed by atoms with Gasteiger partial charge in [-0.3, -0.25) is 4.79 Å². The number of benzene rings is 1. The van der Waals surface area contributed by atoms with E-state index in [4.69, 9.17) is 16.9 Å². The van der Waals surface area contributed by atoms with Gasteiger partial charge in [0.2, 0.25) is 0 Å². The highest BCUT2D eigenvalue weighted by Gasteiger charge is 2.21. The van der Waals surface area contributed by atoms with Gasteiger partial charge in [0, 0.05) is 5.56 Å². The number of nitriles is 1. The highest BCUT2D eigenvalue weighted by atomic mass is 35.5. The molecule has 0 saturated carbocycles. The molecule has 0 aliphatic rings. The van der Waals surface area contributed by atoms with Crippen LogP contribution in [-0.2, 0) is 0 Å². The fraction of sp³-hybridized carbons (Fsp3) is 0.385. The minimum absolute atomic E-state index is 0.0999. The Bertz CT molecular complexity index is 465. The maximum atomic E-state index is 12.9. The molecule has 4 heteroatoms. The van der Waals surface area contributed by atoms with Crippen LogP contribution in [-0.4, -0.2) is 5.78 Å². The molecule has 0 amide bonds. The maximum absolute atomic E-state index is 12.9. The summed E-state index contributed by atoms with van der Waals surface area (Å²) in [6.45, 7) is 3.88. The van der Waals surface area contributed by atoms with Crippen molar-refractivity contribution >= 4 is 17.4 Å². The SMILES string of the molecule is CC(C)CC(C#N)C(=O)c1ccc(F)c(Cl)c1. The maximum Gasteiger partial charge on any atom is 0.180 e. The van der Waals surface area contributed by atoms with E-state index in [1.807, 2.05) is 19.9 Å². The first kappa shape index (κ1) is 13.7. The Morgan fingerprint density at radius 3 is 2.65 bits per heavy atom. The summed E-state index contributed by atoms with van der Waals surface area (Å²) in [5, 5.41) is 8.85. The van der Waals surface area contributed by atoms with E-state index in [-0.39, 0.29) is 22.3 Å². The van der Waals surface area contributed by atoms with E-state index >= 15 is 0 Å². The summed E-state index contributed by atoms with van der Waals surface area (Å²) in [6.07, 6.45) is 0.490. The Balaban J connectivity index is 2.95. The van der Waals surface area contributed by atoms with Crippen LogP contribution in [0.5, 0.6) is 0 Å². The van der Waals surface area contributed by atoms with Gasteiger partial charge in [-0.1, -0.05) is 25.4 Å². The van der Waals surface area contributed by atoms with Crippen molar-refractivity contribution in [3.05, 3.63) is 34.6 Å². The number of hydrogen-bond donors (Lipinski definition) is 0. The van der Waals surface area contributed by atoms with Crippen LogP contribution in [0.2, 0.25) is 5.02 Å². The van der Waals surface area contributed by atoms with Gasteiger partial charge in [-0.15, -0.1) is 0 Å². The fourth-order valence-corrected chi connectivity index (χ4v) is 1.72. The van der Waals surface area contributed by atoms with Crippen LogP contribution in [0, 0.1) is 29.0 Å². The molecule has 0 bridgehead atoms. The average molecular weight is 254 g/mol. The number of nitrogens with zero attached hydrogens (tertiary/aromatic N) is 1. The first-order valence-electron chi connectivity index (χ1n) is 5.34. The molecule has 0 fully saturated rings. The topological polar surface area (TPSA) is 40.9 Å². The van der Waals surface area contributed by atoms with Gasteiger partial charge in [0.25, 0.3) is 0 Å². The van der Waals surface area contributed by atoms with E-state index in [0.29, 0.717) is 6.42 Å². The van der Waals surface area contributed by atoms with Gasteiger partial charge in [0.15, 0.2) is 5.78 Å². The number of rotatable bonds is 4. The summed E-state index contributed by atoms with van der Waals surface area (Å²) in [5.41, 5.74) is 0.281. The van der Waals surface area contributed by atoms with Gasteiger partial charge in [-0.05, 0) is 30.5 Å². The van der Waals surface area contributed by atoms with Gasteiger partial charge >= 0.3 is 0 Å². The molecule has 0 aliphatic carbocycles. The molecule has 0 saturated heterocycles. The number of hydrogen-bond acceptors (Lipinski definition) is 2. The number of carbonyl (C=O) groups excluding carboxylic acids is 1. The van der Waals surface area contributed by atoms with Gasteiger partial charge < -0.3 is 0 Å².